The van der Waals surface area contributed by atoms with E-state index in [1.807, 2.05) is 30.3 Å². The van der Waals surface area contributed by atoms with Crippen LogP contribution in [0.3, 0.4) is 0 Å². The lowest BCUT2D eigenvalue weighted by atomic mass is 9.88. The molecule has 0 aliphatic heterocycles. The molecule has 0 saturated heterocycles. The van der Waals surface area contributed by atoms with Gasteiger partial charge in [-0.1, -0.05) is 26.0 Å². The maximum absolute atomic E-state index is 13.1. The minimum absolute atomic E-state index is 0.0537. The highest BCUT2D eigenvalue weighted by Crippen LogP contribution is 2.47. The van der Waals surface area contributed by atoms with Crippen molar-refractivity contribution in [3.8, 4) is 10.6 Å². The lowest BCUT2D eigenvalue weighted by Gasteiger charge is -2.18. The fraction of sp³-hybridized carbons (Fsp3) is 0.280. The van der Waals surface area contributed by atoms with E-state index in [-0.39, 0.29) is 5.91 Å². The van der Waals surface area contributed by atoms with E-state index in [1.54, 1.807) is 34.4 Å². The van der Waals surface area contributed by atoms with Gasteiger partial charge in [0, 0.05) is 20.9 Å². The lowest BCUT2D eigenvalue weighted by molar-refractivity contribution is 0.102. The van der Waals surface area contributed by atoms with Gasteiger partial charge < -0.3 is 5.32 Å². The first-order valence-corrected chi connectivity index (χ1v) is 13.3. The first-order valence-electron chi connectivity index (χ1n) is 10.7. The van der Waals surface area contributed by atoms with Gasteiger partial charge >= 0.3 is 0 Å². The van der Waals surface area contributed by atoms with Crippen LogP contribution >= 0.6 is 34.4 Å². The van der Waals surface area contributed by atoms with Gasteiger partial charge in [0.15, 0.2) is 0 Å². The largest absolute Gasteiger partial charge is 0.313 e. The summed E-state index contributed by atoms with van der Waals surface area (Å²) in [5, 5.41) is 5.18. The summed E-state index contributed by atoms with van der Waals surface area (Å²) in [4.78, 5) is 20.6. The van der Waals surface area contributed by atoms with Gasteiger partial charge in [-0.3, -0.25) is 4.79 Å². The predicted octanol–water partition coefficient (Wildman–Crippen LogP) is 7.51. The minimum Gasteiger partial charge on any atom is -0.313 e. The summed E-state index contributed by atoms with van der Waals surface area (Å²) in [6.07, 6.45) is 3.32. The van der Waals surface area contributed by atoms with Crippen molar-refractivity contribution in [2.75, 3.05) is 11.1 Å². The fourth-order valence-corrected chi connectivity index (χ4v) is 7.27. The van der Waals surface area contributed by atoms with Crippen LogP contribution in [0.4, 0.5) is 5.00 Å². The molecule has 1 aliphatic rings. The molecule has 6 heteroatoms. The number of benzene rings is 2. The van der Waals surface area contributed by atoms with Gasteiger partial charge in [-0.2, -0.15) is 0 Å². The average molecular weight is 465 g/mol. The average Bonchev–Trinajstić information content (AvgIpc) is 3.34. The molecule has 31 heavy (non-hydrogen) atoms. The molecule has 2 heterocycles. The first-order chi connectivity index (χ1) is 15.1. The number of carbonyl (C=O) groups excluding carboxylic acids is 1. The number of rotatable bonds is 5. The molecule has 2 aromatic carbocycles. The molecular weight excluding hydrogens is 440 g/mol. The molecule has 1 N–H and O–H groups in total. The number of carbonyl (C=O) groups is 1. The van der Waals surface area contributed by atoms with Gasteiger partial charge in [-0.05, 0) is 72.9 Å². The van der Waals surface area contributed by atoms with E-state index in [2.05, 4.69) is 37.4 Å². The fourth-order valence-electron chi connectivity index (χ4n) is 4.09. The number of thioether (sulfide) groups is 1. The van der Waals surface area contributed by atoms with E-state index in [9.17, 15) is 4.79 Å². The number of amides is 1. The standard InChI is InChI=1S/C25H24N2OS3/c1-3-29-17-11-9-16(10-12-17)23(28)27-25-22(18-13-8-15(2)14-21(18)31-25)24-26-19-6-4-5-7-20(19)30-24/h4-7,9-12,15H,3,8,13-14H2,1-2H3,(H,27,28). The zero-order chi connectivity index (χ0) is 21.4. The molecule has 0 bridgehead atoms. The molecular formula is C25H24N2OS3. The van der Waals surface area contributed by atoms with Crippen LogP contribution in [0.15, 0.2) is 53.4 Å². The maximum atomic E-state index is 13.1. The van der Waals surface area contributed by atoms with Crippen LogP contribution in [-0.4, -0.2) is 16.6 Å². The van der Waals surface area contributed by atoms with Crippen molar-refractivity contribution in [3.05, 3.63) is 64.5 Å². The Morgan fingerprint density at radius 3 is 2.74 bits per heavy atom. The quantitative estimate of drug-likeness (QED) is 0.311. The van der Waals surface area contributed by atoms with Crippen LogP contribution in [0.1, 0.15) is 41.1 Å². The summed E-state index contributed by atoms with van der Waals surface area (Å²) in [5.74, 6) is 1.65. The predicted molar refractivity (Wildman–Crippen MR) is 135 cm³/mol. The Morgan fingerprint density at radius 1 is 1.16 bits per heavy atom. The molecule has 0 radical (unpaired) electrons. The number of nitrogens with zero attached hydrogens (tertiary/aromatic N) is 1. The Balaban J connectivity index is 1.52. The van der Waals surface area contributed by atoms with Gasteiger partial charge in [0.1, 0.15) is 10.0 Å². The van der Waals surface area contributed by atoms with Gasteiger partial charge in [-0.15, -0.1) is 34.4 Å². The highest BCUT2D eigenvalue weighted by Gasteiger charge is 2.27. The van der Waals surface area contributed by atoms with Crippen molar-refractivity contribution in [1.29, 1.82) is 0 Å². The minimum atomic E-state index is -0.0537. The zero-order valence-electron chi connectivity index (χ0n) is 17.6. The van der Waals surface area contributed by atoms with Crippen LogP contribution in [0.25, 0.3) is 20.8 Å². The number of aromatic nitrogens is 1. The Hall–Kier alpha value is -2.15. The molecule has 158 valence electrons. The summed E-state index contributed by atoms with van der Waals surface area (Å²) in [5.41, 5.74) is 4.23. The second kappa shape index (κ2) is 8.77. The first kappa shape index (κ1) is 20.7. The Bertz CT molecular complexity index is 1210. The summed E-state index contributed by atoms with van der Waals surface area (Å²) in [6, 6.07) is 16.1. The van der Waals surface area contributed by atoms with Crippen LogP contribution in [0.2, 0.25) is 0 Å². The number of anilines is 1. The molecule has 1 atom stereocenters. The van der Waals surface area contributed by atoms with Crippen molar-refractivity contribution in [1.82, 2.24) is 4.98 Å². The van der Waals surface area contributed by atoms with Crippen molar-refractivity contribution in [3.63, 3.8) is 0 Å². The van der Waals surface area contributed by atoms with Crippen molar-refractivity contribution in [2.24, 2.45) is 5.92 Å². The van der Waals surface area contributed by atoms with E-state index in [4.69, 9.17) is 4.98 Å². The molecule has 5 rings (SSSR count). The number of hydrogen-bond acceptors (Lipinski definition) is 5. The molecule has 0 fully saturated rings. The lowest BCUT2D eigenvalue weighted by Crippen LogP contribution is -2.11. The van der Waals surface area contributed by atoms with E-state index < -0.39 is 0 Å². The number of nitrogens with one attached hydrogen (secondary N) is 1. The highest BCUT2D eigenvalue weighted by molar-refractivity contribution is 7.99. The smallest absolute Gasteiger partial charge is 0.256 e. The number of thiophene rings is 1. The Morgan fingerprint density at radius 2 is 1.97 bits per heavy atom. The SMILES string of the molecule is CCSc1ccc(C(=O)Nc2sc3c(c2-c2nc4ccccc4s2)CCC(C)C3)cc1. The second-order valence-corrected chi connectivity index (χ2v) is 11.4. The Kier molecular flexibility index (Phi) is 5.87. The molecule has 3 nitrogen and oxygen atoms in total. The highest BCUT2D eigenvalue weighted by atomic mass is 32.2. The van der Waals surface area contributed by atoms with Crippen LogP contribution < -0.4 is 5.32 Å². The van der Waals surface area contributed by atoms with Gasteiger partial charge in [0.2, 0.25) is 0 Å². The molecule has 1 unspecified atom stereocenters. The normalized spacial score (nSPS) is 15.7. The third kappa shape index (κ3) is 4.16. The summed E-state index contributed by atoms with van der Waals surface area (Å²) in [7, 11) is 0. The monoisotopic (exact) mass is 464 g/mol. The van der Waals surface area contributed by atoms with Gasteiger partial charge in [-0.25, -0.2) is 4.98 Å². The molecule has 1 aliphatic carbocycles. The number of para-hydroxylation sites is 1. The number of fused-ring (bicyclic) bond motifs is 2. The second-order valence-electron chi connectivity index (χ2n) is 7.95. The van der Waals surface area contributed by atoms with E-state index >= 15 is 0 Å². The summed E-state index contributed by atoms with van der Waals surface area (Å²) < 4.78 is 1.18. The van der Waals surface area contributed by atoms with E-state index in [1.165, 1.54) is 26.5 Å². The van der Waals surface area contributed by atoms with E-state index in [0.29, 0.717) is 11.5 Å². The van der Waals surface area contributed by atoms with E-state index in [0.717, 1.165) is 39.7 Å². The molecule has 0 spiro atoms. The maximum Gasteiger partial charge on any atom is 0.256 e. The topological polar surface area (TPSA) is 42.0 Å². The summed E-state index contributed by atoms with van der Waals surface area (Å²) >= 11 is 5.23. The van der Waals surface area contributed by atoms with Gasteiger partial charge in [0.25, 0.3) is 5.91 Å². The van der Waals surface area contributed by atoms with Crippen molar-refractivity contribution in [2.45, 2.75) is 38.0 Å². The zero-order valence-corrected chi connectivity index (χ0v) is 20.1. The van der Waals surface area contributed by atoms with Crippen molar-refractivity contribution >= 4 is 55.6 Å². The third-order valence-corrected chi connectivity index (χ3v) is 8.79. The van der Waals surface area contributed by atoms with Crippen LogP contribution in [0.5, 0.6) is 0 Å². The third-order valence-electron chi connectivity index (χ3n) is 5.67. The molecule has 0 saturated carbocycles. The number of hydrogen-bond donors (Lipinski definition) is 1. The molecule has 1 amide bonds. The Labute approximate surface area is 194 Å². The van der Waals surface area contributed by atoms with Crippen molar-refractivity contribution < 1.29 is 4.79 Å². The van der Waals surface area contributed by atoms with Crippen LogP contribution in [-0.2, 0) is 12.8 Å². The molecule has 2 aromatic heterocycles. The summed E-state index contributed by atoms with van der Waals surface area (Å²) in [6.45, 7) is 4.45. The van der Waals surface area contributed by atoms with Crippen LogP contribution in [0, 0.1) is 5.92 Å². The molecule has 4 aromatic rings. The van der Waals surface area contributed by atoms with Gasteiger partial charge in [0.05, 0.1) is 10.2 Å². The number of thiazole rings is 1.